The molecule has 0 spiro atoms. The lowest BCUT2D eigenvalue weighted by Gasteiger charge is -2.34. The summed E-state index contributed by atoms with van der Waals surface area (Å²) in [6, 6.07) is 0.329. The maximum Gasteiger partial charge on any atom is 0.257 e. The fourth-order valence-corrected chi connectivity index (χ4v) is 2.56. The number of aromatic nitrogens is 2. The number of carbonyl (C=O) groups excluding carboxylic acids is 1. The predicted octanol–water partition coefficient (Wildman–Crippen LogP) is 1.21. The van der Waals surface area contributed by atoms with Gasteiger partial charge >= 0.3 is 0 Å². The third kappa shape index (κ3) is 3.04. The fourth-order valence-electron chi connectivity index (χ4n) is 2.56. The Morgan fingerprint density at radius 3 is 2.56 bits per heavy atom. The molecule has 2 N–H and O–H groups in total. The topological polar surface area (TPSA) is 72.1 Å². The summed E-state index contributed by atoms with van der Waals surface area (Å²) in [5, 5.41) is 0. The van der Waals surface area contributed by atoms with Crippen LogP contribution in [0.5, 0.6) is 0 Å². The van der Waals surface area contributed by atoms with Gasteiger partial charge in [0.1, 0.15) is 6.33 Å². The summed E-state index contributed by atoms with van der Waals surface area (Å²) in [5.41, 5.74) is 6.18. The third-order valence-electron chi connectivity index (χ3n) is 3.45. The molecule has 0 radical (unpaired) electrons. The summed E-state index contributed by atoms with van der Waals surface area (Å²) in [4.78, 5) is 22.1. The maximum absolute atomic E-state index is 12.4. The Morgan fingerprint density at radius 2 is 1.94 bits per heavy atom. The van der Waals surface area contributed by atoms with Crippen LogP contribution in [0.15, 0.2) is 18.7 Å². The molecule has 1 heterocycles. The standard InChI is InChI=1S/C13H20N4O/c14-6-7-17(12-4-2-1-3-5-12)13(18)11-8-15-10-16-9-11/h8-10,12H,1-7,14H2. The second-order valence-corrected chi connectivity index (χ2v) is 4.71. The molecule has 5 heteroatoms. The molecule has 1 aromatic rings. The zero-order chi connectivity index (χ0) is 12.8. The van der Waals surface area contributed by atoms with E-state index in [1.165, 1.54) is 25.6 Å². The summed E-state index contributed by atoms with van der Waals surface area (Å²) in [6.07, 6.45) is 10.4. The lowest BCUT2D eigenvalue weighted by molar-refractivity contribution is 0.0640. The van der Waals surface area contributed by atoms with Gasteiger partial charge in [0.2, 0.25) is 0 Å². The van der Waals surface area contributed by atoms with Crippen LogP contribution in [0.3, 0.4) is 0 Å². The largest absolute Gasteiger partial charge is 0.334 e. The van der Waals surface area contributed by atoms with Crippen molar-refractivity contribution < 1.29 is 4.79 Å². The number of rotatable bonds is 4. The molecule has 1 aliphatic rings. The number of carbonyl (C=O) groups is 1. The zero-order valence-corrected chi connectivity index (χ0v) is 10.6. The molecule has 2 rings (SSSR count). The van der Waals surface area contributed by atoms with Crippen molar-refractivity contribution in [2.75, 3.05) is 13.1 Å². The first-order valence-corrected chi connectivity index (χ1v) is 6.59. The molecule has 1 aromatic heterocycles. The highest BCUT2D eigenvalue weighted by Crippen LogP contribution is 2.23. The molecule has 18 heavy (non-hydrogen) atoms. The monoisotopic (exact) mass is 248 g/mol. The summed E-state index contributed by atoms with van der Waals surface area (Å²) < 4.78 is 0. The van der Waals surface area contributed by atoms with Crippen molar-refractivity contribution in [3.05, 3.63) is 24.3 Å². The van der Waals surface area contributed by atoms with E-state index in [0.717, 1.165) is 12.8 Å². The molecule has 0 aromatic carbocycles. The Hall–Kier alpha value is -1.49. The molecule has 0 atom stereocenters. The molecule has 5 nitrogen and oxygen atoms in total. The van der Waals surface area contributed by atoms with E-state index in [4.69, 9.17) is 5.73 Å². The molecular weight excluding hydrogens is 228 g/mol. The van der Waals surface area contributed by atoms with Crippen molar-refractivity contribution in [3.63, 3.8) is 0 Å². The summed E-state index contributed by atoms with van der Waals surface area (Å²) in [6.45, 7) is 1.11. The summed E-state index contributed by atoms with van der Waals surface area (Å²) in [7, 11) is 0. The van der Waals surface area contributed by atoms with Gasteiger partial charge < -0.3 is 10.6 Å². The molecule has 1 aliphatic carbocycles. The van der Waals surface area contributed by atoms with Crippen molar-refractivity contribution in [1.82, 2.24) is 14.9 Å². The number of hydrogen-bond donors (Lipinski definition) is 1. The van der Waals surface area contributed by atoms with Crippen LogP contribution in [-0.2, 0) is 0 Å². The van der Waals surface area contributed by atoms with Gasteiger partial charge in [-0.05, 0) is 12.8 Å². The lowest BCUT2D eigenvalue weighted by Crippen LogP contribution is -2.44. The SMILES string of the molecule is NCCN(C(=O)c1cncnc1)C1CCCCC1. The molecule has 0 bridgehead atoms. The van der Waals surface area contributed by atoms with Gasteiger partial charge in [-0.3, -0.25) is 4.79 Å². The Kier molecular flexibility index (Phi) is 4.64. The van der Waals surface area contributed by atoms with Gasteiger partial charge in [-0.1, -0.05) is 19.3 Å². The van der Waals surface area contributed by atoms with E-state index in [9.17, 15) is 4.79 Å². The molecular formula is C13H20N4O. The summed E-state index contributed by atoms with van der Waals surface area (Å²) >= 11 is 0. The zero-order valence-electron chi connectivity index (χ0n) is 10.6. The molecule has 1 fully saturated rings. The number of amides is 1. The van der Waals surface area contributed by atoms with Crippen LogP contribution in [-0.4, -0.2) is 39.9 Å². The van der Waals surface area contributed by atoms with E-state index in [1.54, 1.807) is 12.4 Å². The van der Waals surface area contributed by atoms with Crippen LogP contribution < -0.4 is 5.73 Å². The predicted molar refractivity (Wildman–Crippen MR) is 69.0 cm³/mol. The van der Waals surface area contributed by atoms with Gasteiger partial charge in [0.15, 0.2) is 0 Å². The van der Waals surface area contributed by atoms with Gasteiger partial charge in [0.25, 0.3) is 5.91 Å². The first kappa shape index (κ1) is 13.0. The molecule has 98 valence electrons. The first-order chi connectivity index (χ1) is 8.83. The van der Waals surface area contributed by atoms with Crippen molar-refractivity contribution in [3.8, 4) is 0 Å². The fraction of sp³-hybridized carbons (Fsp3) is 0.615. The minimum atomic E-state index is 0.00736. The second-order valence-electron chi connectivity index (χ2n) is 4.71. The third-order valence-corrected chi connectivity index (χ3v) is 3.45. The molecule has 1 saturated carbocycles. The number of hydrogen-bond acceptors (Lipinski definition) is 4. The van der Waals surface area contributed by atoms with Crippen LogP contribution in [0.25, 0.3) is 0 Å². The Bertz CT molecular complexity index is 376. The Labute approximate surface area is 107 Å². The first-order valence-electron chi connectivity index (χ1n) is 6.59. The maximum atomic E-state index is 12.4. The van der Waals surface area contributed by atoms with Gasteiger partial charge in [0.05, 0.1) is 5.56 Å². The Balaban J connectivity index is 2.11. The van der Waals surface area contributed by atoms with Gasteiger partial charge in [-0.2, -0.15) is 0 Å². The van der Waals surface area contributed by atoms with Crippen LogP contribution in [0.4, 0.5) is 0 Å². The highest BCUT2D eigenvalue weighted by Gasteiger charge is 2.25. The van der Waals surface area contributed by atoms with Crippen molar-refractivity contribution >= 4 is 5.91 Å². The van der Waals surface area contributed by atoms with Crippen LogP contribution >= 0.6 is 0 Å². The number of nitrogens with two attached hydrogens (primary N) is 1. The van der Waals surface area contributed by atoms with E-state index in [0.29, 0.717) is 24.7 Å². The van der Waals surface area contributed by atoms with E-state index in [1.807, 2.05) is 4.90 Å². The molecule has 0 unspecified atom stereocenters. The van der Waals surface area contributed by atoms with Gasteiger partial charge in [-0.25, -0.2) is 9.97 Å². The minimum Gasteiger partial charge on any atom is -0.334 e. The molecule has 1 amide bonds. The van der Waals surface area contributed by atoms with E-state index >= 15 is 0 Å². The molecule has 0 saturated heterocycles. The molecule has 0 aliphatic heterocycles. The average molecular weight is 248 g/mol. The summed E-state index contributed by atoms with van der Waals surface area (Å²) in [5.74, 6) is 0.00736. The Morgan fingerprint density at radius 1 is 1.28 bits per heavy atom. The second kappa shape index (κ2) is 6.44. The van der Waals surface area contributed by atoms with Crippen LogP contribution in [0.2, 0.25) is 0 Å². The van der Waals surface area contributed by atoms with Crippen LogP contribution in [0.1, 0.15) is 42.5 Å². The quantitative estimate of drug-likeness (QED) is 0.869. The van der Waals surface area contributed by atoms with E-state index in [2.05, 4.69) is 9.97 Å². The van der Waals surface area contributed by atoms with Crippen molar-refractivity contribution in [2.45, 2.75) is 38.1 Å². The van der Waals surface area contributed by atoms with Crippen molar-refractivity contribution in [1.29, 1.82) is 0 Å². The highest BCUT2D eigenvalue weighted by atomic mass is 16.2. The van der Waals surface area contributed by atoms with Gasteiger partial charge in [0, 0.05) is 31.5 Å². The normalized spacial score (nSPS) is 16.5. The van der Waals surface area contributed by atoms with Crippen LogP contribution in [0, 0.1) is 0 Å². The van der Waals surface area contributed by atoms with E-state index in [-0.39, 0.29) is 5.91 Å². The average Bonchev–Trinajstić information content (AvgIpc) is 2.46. The number of nitrogens with zero attached hydrogens (tertiary/aromatic N) is 3. The highest BCUT2D eigenvalue weighted by molar-refractivity contribution is 5.93. The lowest BCUT2D eigenvalue weighted by atomic mass is 9.94. The van der Waals surface area contributed by atoms with Crippen molar-refractivity contribution in [2.24, 2.45) is 5.73 Å². The smallest absolute Gasteiger partial charge is 0.257 e. The minimum absolute atomic E-state index is 0.00736. The van der Waals surface area contributed by atoms with Gasteiger partial charge in [-0.15, -0.1) is 0 Å². The van der Waals surface area contributed by atoms with E-state index < -0.39 is 0 Å².